The van der Waals surface area contributed by atoms with Crippen LogP contribution in [0.5, 0.6) is 0 Å². The predicted octanol–water partition coefficient (Wildman–Crippen LogP) is 2.41. The summed E-state index contributed by atoms with van der Waals surface area (Å²) in [6.07, 6.45) is 2.21. The molecule has 21 heavy (non-hydrogen) atoms. The van der Waals surface area contributed by atoms with E-state index in [1.54, 1.807) is 4.90 Å². The number of rotatable bonds is 3. The molecule has 2 N–H and O–H groups in total. The molecule has 1 aliphatic rings. The highest BCUT2D eigenvalue weighted by Crippen LogP contribution is 2.36. The van der Waals surface area contributed by atoms with Crippen molar-refractivity contribution in [2.24, 2.45) is 0 Å². The van der Waals surface area contributed by atoms with Gasteiger partial charge in [0.1, 0.15) is 5.52 Å². The van der Waals surface area contributed by atoms with E-state index in [-0.39, 0.29) is 0 Å². The second-order valence-corrected chi connectivity index (χ2v) is 5.43. The maximum atomic E-state index is 11.7. The number of aromatic nitrogens is 1. The van der Waals surface area contributed by atoms with Crippen molar-refractivity contribution in [3.63, 3.8) is 0 Å². The second-order valence-electron chi connectivity index (χ2n) is 5.43. The zero-order chi connectivity index (χ0) is 14.9. The van der Waals surface area contributed by atoms with E-state index >= 15 is 0 Å². The van der Waals surface area contributed by atoms with Crippen LogP contribution in [0.2, 0.25) is 0 Å². The van der Waals surface area contributed by atoms with Crippen LogP contribution < -0.4 is 5.32 Å². The van der Waals surface area contributed by atoms with E-state index in [1.165, 1.54) is 6.39 Å². The lowest BCUT2D eigenvalue weighted by atomic mass is 9.82. The lowest BCUT2D eigenvalue weighted by Gasteiger charge is -2.46. The molecule has 3 rings (SSSR count). The first-order chi connectivity index (χ1) is 10.2. The highest BCUT2D eigenvalue weighted by Gasteiger charge is 2.42. The normalized spacial score (nSPS) is 22.6. The molecular weight excluding hydrogens is 270 g/mol. The summed E-state index contributed by atoms with van der Waals surface area (Å²) in [5, 5.41) is 12.9. The Morgan fingerprint density at radius 3 is 3.19 bits per heavy atom. The number of nitrogens with one attached hydrogen (secondary N) is 1. The molecule has 0 bridgehead atoms. The molecule has 6 nitrogen and oxygen atoms in total. The smallest absolute Gasteiger partial charge is 0.408 e. The van der Waals surface area contributed by atoms with Gasteiger partial charge in [-0.3, -0.25) is 4.90 Å². The molecule has 1 fully saturated rings. The van der Waals surface area contributed by atoms with Crippen LogP contribution in [0, 0.1) is 0 Å². The van der Waals surface area contributed by atoms with E-state index in [1.807, 2.05) is 18.2 Å². The summed E-state index contributed by atoms with van der Waals surface area (Å²) < 4.78 is 5.37. The zero-order valence-corrected chi connectivity index (χ0v) is 12.0. The number of carbonyl (C=O) groups is 1. The quantitative estimate of drug-likeness (QED) is 0.907. The number of amides is 1. The van der Waals surface area contributed by atoms with Crippen LogP contribution in [0.3, 0.4) is 0 Å². The van der Waals surface area contributed by atoms with E-state index in [0.29, 0.717) is 25.2 Å². The minimum absolute atomic E-state index is 0.490. The molecule has 1 aromatic carbocycles. The van der Waals surface area contributed by atoms with E-state index in [2.05, 4.69) is 17.2 Å². The summed E-state index contributed by atoms with van der Waals surface area (Å²) in [5.41, 5.74) is 1.90. The largest absolute Gasteiger partial charge is 0.465 e. The lowest BCUT2D eigenvalue weighted by Crippen LogP contribution is -2.60. The summed E-state index contributed by atoms with van der Waals surface area (Å²) in [4.78, 5) is 17.4. The van der Waals surface area contributed by atoms with Crippen LogP contribution in [-0.4, -0.2) is 40.7 Å². The molecular formula is C15H19N3O3. The number of nitrogens with zero attached hydrogens (tertiary/aromatic N) is 2. The summed E-state index contributed by atoms with van der Waals surface area (Å²) in [7, 11) is 0. The van der Waals surface area contributed by atoms with Crippen molar-refractivity contribution in [2.45, 2.75) is 25.3 Å². The lowest BCUT2D eigenvalue weighted by molar-refractivity contribution is 0.0482. The highest BCUT2D eigenvalue weighted by molar-refractivity contribution is 5.74. The van der Waals surface area contributed by atoms with Crippen LogP contribution >= 0.6 is 0 Å². The minimum Gasteiger partial charge on any atom is -0.465 e. The Labute approximate surface area is 122 Å². The van der Waals surface area contributed by atoms with Crippen molar-refractivity contribution in [3.05, 3.63) is 30.2 Å². The first-order valence-corrected chi connectivity index (χ1v) is 7.22. The Bertz CT molecular complexity index is 650. The third-order valence-electron chi connectivity index (χ3n) is 4.21. The Kier molecular flexibility index (Phi) is 3.55. The van der Waals surface area contributed by atoms with Gasteiger partial charge in [-0.25, -0.2) is 9.78 Å². The second kappa shape index (κ2) is 5.37. The van der Waals surface area contributed by atoms with Crippen molar-refractivity contribution in [2.75, 3.05) is 19.6 Å². The monoisotopic (exact) mass is 289 g/mol. The van der Waals surface area contributed by atoms with E-state index in [9.17, 15) is 9.90 Å². The molecule has 6 heteroatoms. The Hall–Kier alpha value is -2.08. The van der Waals surface area contributed by atoms with Gasteiger partial charge in [0.25, 0.3) is 0 Å². The fraction of sp³-hybridized carbons (Fsp3) is 0.467. The fourth-order valence-electron chi connectivity index (χ4n) is 3.26. The average molecular weight is 289 g/mol. The third kappa shape index (κ3) is 2.25. The standard InChI is InChI=1S/C15H19N3O3/c1-2-5-15(9-16-6-7-18(15)14(19)20)11-3-4-12-13(8-11)21-10-17-12/h3-4,8,10,16H,2,5-7,9H2,1H3,(H,19,20). The first kappa shape index (κ1) is 13.9. The summed E-state index contributed by atoms with van der Waals surface area (Å²) in [5.74, 6) is 0. The molecule has 2 heterocycles. The highest BCUT2D eigenvalue weighted by atomic mass is 16.4. The van der Waals surface area contributed by atoms with Gasteiger partial charge in [-0.15, -0.1) is 0 Å². The summed E-state index contributed by atoms with van der Waals surface area (Å²) in [6, 6.07) is 5.77. The van der Waals surface area contributed by atoms with Crippen LogP contribution in [0.25, 0.3) is 11.1 Å². The minimum atomic E-state index is -0.873. The maximum absolute atomic E-state index is 11.7. The molecule has 1 aromatic heterocycles. The molecule has 0 radical (unpaired) electrons. The maximum Gasteiger partial charge on any atom is 0.408 e. The summed E-state index contributed by atoms with van der Waals surface area (Å²) in [6.45, 7) is 3.86. The van der Waals surface area contributed by atoms with Gasteiger partial charge in [-0.05, 0) is 24.1 Å². The van der Waals surface area contributed by atoms with Gasteiger partial charge in [0.05, 0.1) is 5.54 Å². The van der Waals surface area contributed by atoms with Crippen molar-refractivity contribution in [3.8, 4) is 0 Å². The molecule has 1 saturated heterocycles. The molecule has 1 amide bonds. The van der Waals surface area contributed by atoms with Gasteiger partial charge < -0.3 is 14.8 Å². The van der Waals surface area contributed by atoms with Gasteiger partial charge in [0.15, 0.2) is 12.0 Å². The molecule has 2 aromatic rings. The van der Waals surface area contributed by atoms with E-state index in [0.717, 1.165) is 23.9 Å². The van der Waals surface area contributed by atoms with Crippen molar-refractivity contribution < 1.29 is 14.3 Å². The molecule has 1 aliphatic heterocycles. The molecule has 0 saturated carbocycles. The van der Waals surface area contributed by atoms with Crippen LogP contribution in [-0.2, 0) is 5.54 Å². The van der Waals surface area contributed by atoms with Gasteiger partial charge in [-0.2, -0.15) is 0 Å². The summed E-state index contributed by atoms with van der Waals surface area (Å²) >= 11 is 0. The van der Waals surface area contributed by atoms with Crippen LogP contribution in [0.15, 0.2) is 29.0 Å². The molecule has 112 valence electrons. The third-order valence-corrected chi connectivity index (χ3v) is 4.21. The SMILES string of the molecule is CCCC1(c2ccc3ncoc3c2)CNCCN1C(=O)O. The Morgan fingerprint density at radius 1 is 1.57 bits per heavy atom. The predicted molar refractivity (Wildman–Crippen MR) is 78.2 cm³/mol. The van der Waals surface area contributed by atoms with Gasteiger partial charge >= 0.3 is 6.09 Å². The topological polar surface area (TPSA) is 78.6 Å². The van der Waals surface area contributed by atoms with Crippen molar-refractivity contribution >= 4 is 17.2 Å². The zero-order valence-electron chi connectivity index (χ0n) is 12.0. The molecule has 0 aliphatic carbocycles. The number of benzene rings is 1. The molecule has 1 atom stereocenters. The van der Waals surface area contributed by atoms with E-state index < -0.39 is 11.6 Å². The fourth-order valence-corrected chi connectivity index (χ4v) is 3.26. The van der Waals surface area contributed by atoms with Crippen molar-refractivity contribution in [1.82, 2.24) is 15.2 Å². The number of hydrogen-bond acceptors (Lipinski definition) is 4. The molecule has 0 spiro atoms. The number of fused-ring (bicyclic) bond motifs is 1. The Morgan fingerprint density at radius 2 is 2.43 bits per heavy atom. The number of oxazole rings is 1. The van der Waals surface area contributed by atoms with Gasteiger partial charge in [0, 0.05) is 19.6 Å². The number of hydrogen-bond donors (Lipinski definition) is 2. The Balaban J connectivity index is 2.11. The van der Waals surface area contributed by atoms with Crippen LogP contribution in [0.4, 0.5) is 4.79 Å². The van der Waals surface area contributed by atoms with Crippen LogP contribution in [0.1, 0.15) is 25.3 Å². The molecule has 1 unspecified atom stereocenters. The van der Waals surface area contributed by atoms with Gasteiger partial charge in [0.2, 0.25) is 0 Å². The van der Waals surface area contributed by atoms with Crippen molar-refractivity contribution in [1.29, 1.82) is 0 Å². The van der Waals surface area contributed by atoms with E-state index in [4.69, 9.17) is 4.42 Å². The van der Waals surface area contributed by atoms with Gasteiger partial charge in [-0.1, -0.05) is 19.4 Å². The first-order valence-electron chi connectivity index (χ1n) is 7.22. The number of carboxylic acid groups (broad SMARTS) is 1. The number of piperazine rings is 1. The average Bonchev–Trinajstić information content (AvgIpc) is 2.95.